The number of hydrogen-bond donors (Lipinski definition) is 3. The molecule has 1 aliphatic carbocycles. The fourth-order valence-electron chi connectivity index (χ4n) is 5.34. The van der Waals surface area contributed by atoms with Gasteiger partial charge >= 0.3 is 5.97 Å². The highest BCUT2D eigenvalue weighted by Gasteiger charge is 2.46. The molecule has 196 valence electrons. The molecule has 2 aliphatic rings. The van der Waals surface area contributed by atoms with E-state index < -0.39 is 23.0 Å². The molecular formula is C27H30ClF2N5O2. The van der Waals surface area contributed by atoms with Crippen LogP contribution in [-0.4, -0.2) is 43.7 Å². The number of nitrogens with one attached hydrogen (secondary N) is 2. The number of carbonyl (C=O) groups is 1. The van der Waals surface area contributed by atoms with E-state index in [0.717, 1.165) is 18.5 Å². The number of anilines is 2. The van der Waals surface area contributed by atoms with E-state index in [2.05, 4.69) is 20.5 Å². The van der Waals surface area contributed by atoms with Crippen molar-refractivity contribution >= 4 is 29.2 Å². The summed E-state index contributed by atoms with van der Waals surface area (Å²) in [5, 5.41) is 20.6. The first-order chi connectivity index (χ1) is 17.6. The van der Waals surface area contributed by atoms with Crippen molar-refractivity contribution in [1.82, 2.24) is 20.1 Å². The van der Waals surface area contributed by atoms with Crippen LogP contribution in [0.15, 0.2) is 30.3 Å². The van der Waals surface area contributed by atoms with E-state index >= 15 is 4.39 Å². The Bertz CT molecular complexity index is 1330. The Kier molecular flexibility index (Phi) is 6.93. The lowest BCUT2D eigenvalue weighted by Crippen LogP contribution is -2.50. The lowest BCUT2D eigenvalue weighted by Gasteiger charge is -2.43. The summed E-state index contributed by atoms with van der Waals surface area (Å²) in [4.78, 5) is 19.2. The Labute approximate surface area is 219 Å². The average molecular weight is 530 g/mol. The highest BCUT2D eigenvalue weighted by Crippen LogP contribution is 2.45. The molecule has 1 saturated heterocycles. The van der Waals surface area contributed by atoms with Crippen LogP contribution in [0, 0.1) is 24.0 Å². The predicted molar refractivity (Wildman–Crippen MR) is 137 cm³/mol. The predicted octanol–water partition coefficient (Wildman–Crippen LogP) is 5.96. The number of H-pyrrole nitrogens is 1. The number of carboxylic acids is 1. The van der Waals surface area contributed by atoms with Gasteiger partial charge in [0.2, 0.25) is 0 Å². The summed E-state index contributed by atoms with van der Waals surface area (Å²) in [5.41, 5.74) is 0.885. The van der Waals surface area contributed by atoms with Crippen LogP contribution in [0.5, 0.6) is 0 Å². The molecule has 37 heavy (non-hydrogen) atoms. The lowest BCUT2D eigenvalue weighted by molar-refractivity contribution is -0.153. The number of nitrogens with zero attached hydrogens (tertiary/aromatic N) is 3. The van der Waals surface area contributed by atoms with Gasteiger partial charge in [-0.05, 0) is 69.7 Å². The third-order valence-corrected chi connectivity index (χ3v) is 7.88. The van der Waals surface area contributed by atoms with Crippen molar-refractivity contribution in [3.8, 4) is 0 Å². The van der Waals surface area contributed by atoms with Crippen molar-refractivity contribution in [2.75, 3.05) is 11.9 Å². The molecule has 2 atom stereocenters. The molecular weight excluding hydrogens is 500 g/mol. The molecule has 1 aromatic carbocycles. The van der Waals surface area contributed by atoms with Crippen LogP contribution in [0.4, 0.5) is 20.4 Å². The number of carboxylic acid groups (broad SMARTS) is 1. The van der Waals surface area contributed by atoms with Crippen molar-refractivity contribution < 1.29 is 18.7 Å². The molecule has 0 radical (unpaired) electrons. The summed E-state index contributed by atoms with van der Waals surface area (Å²) in [6.07, 6.45) is 2.37. The molecule has 3 heterocycles. The Morgan fingerprint density at radius 3 is 2.70 bits per heavy atom. The molecule has 0 bridgehead atoms. The fourth-order valence-corrected chi connectivity index (χ4v) is 5.53. The second-order valence-corrected chi connectivity index (χ2v) is 10.8. The summed E-state index contributed by atoms with van der Waals surface area (Å²) < 4.78 is 30.1. The molecule has 3 N–H and O–H groups in total. The summed E-state index contributed by atoms with van der Waals surface area (Å²) in [6.45, 7) is 4.56. The summed E-state index contributed by atoms with van der Waals surface area (Å²) in [7, 11) is 0. The quantitative estimate of drug-likeness (QED) is 0.333. The average Bonchev–Trinajstić information content (AvgIpc) is 3.62. The summed E-state index contributed by atoms with van der Waals surface area (Å²) in [5.74, 6) is -0.704. The second-order valence-electron chi connectivity index (χ2n) is 10.4. The minimum atomic E-state index is -1.18. The van der Waals surface area contributed by atoms with Crippen molar-refractivity contribution in [2.24, 2.45) is 5.41 Å². The number of piperidine rings is 1. The number of aromatic amines is 1. The Balaban J connectivity index is 1.40. The SMILES string of the molecule is Cc1cc(Nc2cc(C3CC3)c(F)c(C[C@@]3(C(=O)O)CCN(Cc4cccc(Cl)c4F)[C@H](C)C3)n2)n[nH]1. The minimum Gasteiger partial charge on any atom is -0.481 e. The van der Waals surface area contributed by atoms with Gasteiger partial charge in [-0.25, -0.2) is 13.8 Å². The number of hydrogen-bond acceptors (Lipinski definition) is 5. The first-order valence-corrected chi connectivity index (χ1v) is 12.9. The van der Waals surface area contributed by atoms with Gasteiger partial charge in [-0.15, -0.1) is 0 Å². The van der Waals surface area contributed by atoms with Crippen LogP contribution in [0.2, 0.25) is 5.02 Å². The molecule has 2 aromatic heterocycles. The molecule has 1 saturated carbocycles. The van der Waals surface area contributed by atoms with Crippen molar-refractivity contribution in [3.63, 3.8) is 0 Å². The van der Waals surface area contributed by atoms with E-state index in [1.165, 1.54) is 6.07 Å². The van der Waals surface area contributed by atoms with Crippen LogP contribution in [0.25, 0.3) is 0 Å². The van der Waals surface area contributed by atoms with Gasteiger partial charge in [0, 0.05) is 36.3 Å². The lowest BCUT2D eigenvalue weighted by atomic mass is 9.72. The third-order valence-electron chi connectivity index (χ3n) is 7.59. The van der Waals surface area contributed by atoms with E-state index in [0.29, 0.717) is 48.7 Å². The zero-order valence-electron chi connectivity index (χ0n) is 20.8. The second kappa shape index (κ2) is 10.0. The highest BCUT2D eigenvalue weighted by atomic mass is 35.5. The van der Waals surface area contributed by atoms with Gasteiger partial charge < -0.3 is 10.4 Å². The van der Waals surface area contributed by atoms with Gasteiger partial charge in [0.05, 0.1) is 16.1 Å². The van der Waals surface area contributed by atoms with Gasteiger partial charge in [-0.2, -0.15) is 5.10 Å². The van der Waals surface area contributed by atoms with Crippen LogP contribution in [-0.2, 0) is 17.8 Å². The summed E-state index contributed by atoms with van der Waals surface area (Å²) in [6, 6.07) is 8.25. The van der Waals surface area contributed by atoms with E-state index in [9.17, 15) is 14.3 Å². The third kappa shape index (κ3) is 5.33. The maximum absolute atomic E-state index is 15.6. The van der Waals surface area contributed by atoms with Crippen molar-refractivity contribution in [2.45, 2.75) is 64.5 Å². The molecule has 0 amide bonds. The number of aliphatic carboxylic acids is 1. The van der Waals surface area contributed by atoms with E-state index in [1.54, 1.807) is 18.2 Å². The largest absolute Gasteiger partial charge is 0.481 e. The van der Waals surface area contributed by atoms with Crippen molar-refractivity contribution in [3.05, 3.63) is 69.5 Å². The number of benzene rings is 1. The molecule has 0 spiro atoms. The summed E-state index contributed by atoms with van der Waals surface area (Å²) >= 11 is 5.94. The smallest absolute Gasteiger partial charge is 0.310 e. The topological polar surface area (TPSA) is 94.1 Å². The number of aryl methyl sites for hydroxylation is 1. The van der Waals surface area contributed by atoms with Crippen molar-refractivity contribution in [1.29, 1.82) is 0 Å². The number of likely N-dealkylation sites (tertiary alicyclic amines) is 1. The molecule has 10 heteroatoms. The first-order valence-electron chi connectivity index (χ1n) is 12.5. The van der Waals surface area contributed by atoms with Crippen LogP contribution >= 0.6 is 11.6 Å². The zero-order chi connectivity index (χ0) is 26.3. The van der Waals surface area contributed by atoms with Crippen LogP contribution < -0.4 is 5.32 Å². The standard InChI is InChI=1S/C27H30ClF2N5O2/c1-15-10-23(34-33-15)32-22-11-19(17-6-7-17)25(30)21(31-22)13-27(26(36)37)8-9-35(16(2)12-27)14-18-4-3-5-20(28)24(18)29/h3-5,10-11,16-17H,6-9,12-14H2,1-2H3,(H,36,37)(H2,31,32,33,34)/t16-,27-/m1/s1. The maximum Gasteiger partial charge on any atom is 0.310 e. The Morgan fingerprint density at radius 2 is 2.05 bits per heavy atom. The molecule has 2 fully saturated rings. The Hall–Kier alpha value is -3.04. The van der Waals surface area contributed by atoms with E-state index in [1.807, 2.05) is 24.8 Å². The molecule has 7 nitrogen and oxygen atoms in total. The molecule has 3 aromatic rings. The zero-order valence-corrected chi connectivity index (χ0v) is 21.6. The molecule has 5 rings (SSSR count). The normalized spacial score (nSPS) is 22.2. The maximum atomic E-state index is 15.6. The number of rotatable bonds is 8. The monoisotopic (exact) mass is 529 g/mol. The van der Waals surface area contributed by atoms with E-state index in [-0.39, 0.29) is 29.1 Å². The fraction of sp³-hybridized carbons (Fsp3) is 0.444. The van der Waals surface area contributed by atoms with Gasteiger partial charge in [0.25, 0.3) is 0 Å². The van der Waals surface area contributed by atoms with Gasteiger partial charge in [0.15, 0.2) is 5.82 Å². The molecule has 1 aliphatic heterocycles. The minimum absolute atomic E-state index is 0.0211. The van der Waals surface area contributed by atoms with Crippen LogP contribution in [0.1, 0.15) is 61.0 Å². The van der Waals surface area contributed by atoms with Gasteiger partial charge in [0.1, 0.15) is 17.5 Å². The van der Waals surface area contributed by atoms with Crippen LogP contribution in [0.3, 0.4) is 0 Å². The van der Waals surface area contributed by atoms with Gasteiger partial charge in [-0.3, -0.25) is 14.8 Å². The highest BCUT2D eigenvalue weighted by molar-refractivity contribution is 6.30. The van der Waals surface area contributed by atoms with E-state index in [4.69, 9.17) is 11.6 Å². The first kappa shape index (κ1) is 25.6. The molecule has 0 unspecified atom stereocenters. The number of aromatic nitrogens is 3. The van der Waals surface area contributed by atoms with Gasteiger partial charge in [-0.1, -0.05) is 23.7 Å². The number of halogens is 3. The number of pyridine rings is 1. The Morgan fingerprint density at radius 1 is 1.27 bits per heavy atom.